The molecular formula is C30H28O7. The van der Waals surface area contributed by atoms with Crippen LogP contribution >= 0.6 is 0 Å². The number of fused-ring (bicyclic) bond motifs is 5. The van der Waals surface area contributed by atoms with Crippen molar-refractivity contribution in [3.8, 4) is 28.7 Å². The maximum Gasteiger partial charge on any atom is 0.224 e. The first-order valence-corrected chi connectivity index (χ1v) is 12.2. The zero-order valence-electron chi connectivity index (χ0n) is 21.6. The van der Waals surface area contributed by atoms with Crippen LogP contribution in [0.5, 0.6) is 28.7 Å². The van der Waals surface area contributed by atoms with Crippen molar-refractivity contribution in [1.29, 1.82) is 0 Å². The summed E-state index contributed by atoms with van der Waals surface area (Å²) in [6.45, 7) is 11.4. The fraction of sp³-hybridized carbons (Fsp3) is 0.300. The Bertz CT molecular complexity index is 1810. The minimum Gasteiger partial charge on any atom is -0.507 e. The molecule has 2 aliphatic heterocycles. The molecular weight excluding hydrogens is 472 g/mol. The van der Waals surface area contributed by atoms with E-state index in [1.165, 1.54) is 0 Å². The Morgan fingerprint density at radius 3 is 2.35 bits per heavy atom. The summed E-state index contributed by atoms with van der Waals surface area (Å²) in [6, 6.07) is 2.80. The summed E-state index contributed by atoms with van der Waals surface area (Å²) in [5, 5.41) is 35.2. The Balaban J connectivity index is 1.83. The lowest BCUT2D eigenvalue weighted by molar-refractivity contribution is 0.124. The van der Waals surface area contributed by atoms with E-state index in [1.807, 2.05) is 59.8 Å². The molecule has 0 amide bonds. The molecule has 0 fully saturated rings. The summed E-state index contributed by atoms with van der Waals surface area (Å²) in [6.07, 6.45) is 6.13. The first-order chi connectivity index (χ1) is 17.3. The molecule has 4 aromatic rings. The maximum absolute atomic E-state index is 12.6. The van der Waals surface area contributed by atoms with Gasteiger partial charge in [0.2, 0.25) is 5.43 Å². The van der Waals surface area contributed by atoms with Crippen molar-refractivity contribution in [2.24, 2.45) is 0 Å². The van der Waals surface area contributed by atoms with Crippen LogP contribution in [-0.2, 0) is 12.0 Å². The van der Waals surface area contributed by atoms with Gasteiger partial charge in [0.1, 0.15) is 45.2 Å². The molecule has 0 radical (unpaired) electrons. The SMILES string of the molecule is CC(C)=CCc1c2c(c3oc4c(cc5c6c(c(=O)cc(O)c64)OC5(C)C)c(O)c3c1O)C=CC(C)(C)O2. The predicted molar refractivity (Wildman–Crippen MR) is 143 cm³/mol. The Morgan fingerprint density at radius 1 is 0.919 bits per heavy atom. The van der Waals surface area contributed by atoms with Gasteiger partial charge in [0.15, 0.2) is 11.3 Å². The number of ether oxygens (including phenoxy) is 2. The van der Waals surface area contributed by atoms with Gasteiger partial charge in [-0.25, -0.2) is 0 Å². The van der Waals surface area contributed by atoms with Gasteiger partial charge in [-0.2, -0.15) is 0 Å². The van der Waals surface area contributed by atoms with E-state index in [2.05, 4.69) is 0 Å². The highest BCUT2D eigenvalue weighted by atomic mass is 16.5. The molecule has 3 heterocycles. The van der Waals surface area contributed by atoms with Gasteiger partial charge in [-0.1, -0.05) is 11.6 Å². The highest BCUT2D eigenvalue weighted by molar-refractivity contribution is 6.17. The molecule has 37 heavy (non-hydrogen) atoms. The second-order valence-corrected chi connectivity index (χ2v) is 11.1. The van der Waals surface area contributed by atoms with E-state index < -0.39 is 16.6 Å². The van der Waals surface area contributed by atoms with Gasteiger partial charge in [0.05, 0.1) is 16.3 Å². The molecule has 1 aromatic heterocycles. The van der Waals surface area contributed by atoms with Crippen LogP contribution in [-0.4, -0.2) is 20.9 Å². The molecule has 0 saturated carbocycles. The van der Waals surface area contributed by atoms with Crippen LogP contribution in [0.1, 0.15) is 58.2 Å². The molecule has 0 bridgehead atoms. The van der Waals surface area contributed by atoms with E-state index in [0.717, 1.165) is 11.6 Å². The number of phenolic OH excluding ortho intramolecular Hbond substituents is 2. The number of rotatable bonds is 2. The van der Waals surface area contributed by atoms with Crippen LogP contribution < -0.4 is 14.9 Å². The van der Waals surface area contributed by atoms with E-state index in [-0.39, 0.29) is 50.3 Å². The molecule has 2 aliphatic rings. The minimum atomic E-state index is -0.877. The molecule has 0 spiro atoms. The summed E-state index contributed by atoms with van der Waals surface area (Å²) >= 11 is 0. The first-order valence-electron chi connectivity index (χ1n) is 12.2. The molecule has 0 aliphatic carbocycles. The second kappa shape index (κ2) is 7.22. The lowest BCUT2D eigenvalue weighted by Gasteiger charge is -2.30. The van der Waals surface area contributed by atoms with Crippen molar-refractivity contribution in [1.82, 2.24) is 0 Å². The second-order valence-electron chi connectivity index (χ2n) is 11.1. The van der Waals surface area contributed by atoms with Gasteiger partial charge >= 0.3 is 0 Å². The van der Waals surface area contributed by atoms with Gasteiger partial charge < -0.3 is 29.2 Å². The van der Waals surface area contributed by atoms with Crippen molar-refractivity contribution < 1.29 is 29.2 Å². The van der Waals surface area contributed by atoms with E-state index >= 15 is 0 Å². The summed E-state index contributed by atoms with van der Waals surface area (Å²) in [5.74, 6) is 0.00884. The number of hydrogen-bond acceptors (Lipinski definition) is 7. The van der Waals surface area contributed by atoms with Gasteiger partial charge in [0.25, 0.3) is 0 Å². The Hall–Kier alpha value is -4.13. The third-order valence-electron chi connectivity index (χ3n) is 7.20. The summed E-state index contributed by atoms with van der Waals surface area (Å²) in [5.41, 5.74) is 1.29. The molecule has 0 saturated heterocycles. The van der Waals surface area contributed by atoms with Crippen LogP contribution in [0, 0.1) is 0 Å². The zero-order valence-corrected chi connectivity index (χ0v) is 21.6. The molecule has 190 valence electrons. The number of aromatic hydroxyl groups is 3. The Morgan fingerprint density at radius 2 is 1.65 bits per heavy atom. The normalized spacial score (nSPS) is 16.6. The average molecular weight is 501 g/mol. The van der Waals surface area contributed by atoms with Crippen LogP contribution in [0.4, 0.5) is 0 Å². The highest BCUT2D eigenvalue weighted by Crippen LogP contribution is 2.54. The first kappa shape index (κ1) is 23.3. The number of phenols is 2. The standard InChI is InChI=1S/C30H28O7/c1-13(2)7-8-14-23(33)22-24(34)16-11-17-20-21(18(31)12-19(32)28(20)37-30(17,5)6)27(16)35-26(22)15-9-10-29(3,4)36-25(14)15/h7,9-12,31,33-34H,8H2,1-6H3. The van der Waals surface area contributed by atoms with E-state index in [9.17, 15) is 20.1 Å². The molecule has 3 aromatic carbocycles. The minimum absolute atomic E-state index is 0.132. The molecule has 0 unspecified atom stereocenters. The van der Waals surface area contributed by atoms with Crippen LogP contribution in [0.25, 0.3) is 38.8 Å². The van der Waals surface area contributed by atoms with E-state index in [4.69, 9.17) is 13.9 Å². The van der Waals surface area contributed by atoms with Crippen molar-refractivity contribution in [2.75, 3.05) is 0 Å². The average Bonchev–Trinajstić information content (AvgIpc) is 3.07. The number of benzene rings is 3. The third kappa shape index (κ3) is 3.16. The summed E-state index contributed by atoms with van der Waals surface area (Å²) < 4.78 is 18.7. The summed E-state index contributed by atoms with van der Waals surface area (Å²) in [7, 11) is 0. The van der Waals surface area contributed by atoms with Crippen molar-refractivity contribution in [3.05, 3.63) is 56.8 Å². The molecule has 7 nitrogen and oxygen atoms in total. The molecule has 0 atom stereocenters. The van der Waals surface area contributed by atoms with E-state index in [1.54, 1.807) is 6.07 Å². The monoisotopic (exact) mass is 500 g/mol. The van der Waals surface area contributed by atoms with Gasteiger partial charge in [-0.15, -0.1) is 0 Å². The number of allylic oxidation sites excluding steroid dienone is 2. The smallest absolute Gasteiger partial charge is 0.224 e. The van der Waals surface area contributed by atoms with Crippen LogP contribution in [0.3, 0.4) is 0 Å². The molecule has 7 heteroatoms. The summed E-state index contributed by atoms with van der Waals surface area (Å²) in [4.78, 5) is 12.6. The van der Waals surface area contributed by atoms with Gasteiger partial charge in [0, 0.05) is 22.6 Å². The van der Waals surface area contributed by atoms with Crippen molar-refractivity contribution >= 4 is 38.8 Å². The fourth-order valence-electron chi connectivity index (χ4n) is 5.37. The largest absolute Gasteiger partial charge is 0.507 e. The molecule has 3 N–H and O–H groups in total. The topological polar surface area (TPSA) is 109 Å². The van der Waals surface area contributed by atoms with E-state index in [0.29, 0.717) is 34.2 Å². The Labute approximate surface area is 212 Å². The maximum atomic E-state index is 12.6. The van der Waals surface area contributed by atoms with Crippen molar-refractivity contribution in [3.63, 3.8) is 0 Å². The quantitative estimate of drug-likeness (QED) is 0.163. The highest BCUT2D eigenvalue weighted by Gasteiger charge is 2.38. The van der Waals surface area contributed by atoms with Crippen LogP contribution in [0.15, 0.2) is 39.1 Å². The van der Waals surface area contributed by atoms with Crippen LogP contribution in [0.2, 0.25) is 0 Å². The zero-order chi connectivity index (χ0) is 26.6. The van der Waals surface area contributed by atoms with Gasteiger partial charge in [-0.05, 0) is 66.2 Å². The fourth-order valence-corrected chi connectivity index (χ4v) is 5.37. The third-order valence-corrected chi connectivity index (χ3v) is 7.20. The van der Waals surface area contributed by atoms with Gasteiger partial charge in [-0.3, -0.25) is 4.79 Å². The number of hydrogen-bond donors (Lipinski definition) is 3. The predicted octanol–water partition coefficient (Wildman–Crippen LogP) is 6.54. The lowest BCUT2D eigenvalue weighted by atomic mass is 9.90. The Kier molecular flexibility index (Phi) is 4.54. The lowest BCUT2D eigenvalue weighted by Crippen LogP contribution is -2.28. The molecule has 6 rings (SSSR count). The van der Waals surface area contributed by atoms with Crippen molar-refractivity contribution in [2.45, 2.75) is 59.2 Å².